The third-order valence-corrected chi connectivity index (χ3v) is 2.88. The molecule has 6 nitrogen and oxygen atoms in total. The second-order valence-corrected chi connectivity index (χ2v) is 4.07. The fourth-order valence-corrected chi connectivity index (χ4v) is 1.98. The van der Waals surface area contributed by atoms with E-state index in [0.717, 1.165) is 31.9 Å². The van der Waals surface area contributed by atoms with Crippen molar-refractivity contribution < 1.29 is 23.8 Å². The highest BCUT2D eigenvalue weighted by Gasteiger charge is 2.24. The molecule has 0 aliphatic heterocycles. The summed E-state index contributed by atoms with van der Waals surface area (Å²) >= 11 is 0. The molecule has 1 N–H and O–H groups in total. The molecule has 1 aromatic rings. The number of nitrogens with zero attached hydrogens (tertiary/aromatic N) is 1. The van der Waals surface area contributed by atoms with Crippen molar-refractivity contribution in [2.75, 3.05) is 7.11 Å². The molecule has 1 aliphatic carbocycles. The van der Waals surface area contributed by atoms with Gasteiger partial charge in [-0.25, -0.2) is 4.79 Å². The molecule has 1 aliphatic rings. The Morgan fingerprint density at radius 3 is 2.94 bits per heavy atom. The van der Waals surface area contributed by atoms with Gasteiger partial charge in [-0.05, 0) is 19.3 Å². The SMILES string of the molecule is COC1CCCC(Oc2nc(C(=O)O)co2)C1. The first-order valence-corrected chi connectivity index (χ1v) is 5.57. The topological polar surface area (TPSA) is 81.8 Å². The second kappa shape index (κ2) is 5.18. The Kier molecular flexibility index (Phi) is 3.63. The van der Waals surface area contributed by atoms with Gasteiger partial charge in [0.2, 0.25) is 0 Å². The summed E-state index contributed by atoms with van der Waals surface area (Å²) in [5, 5.41) is 8.69. The molecule has 1 fully saturated rings. The van der Waals surface area contributed by atoms with Crippen LogP contribution in [0.1, 0.15) is 36.2 Å². The van der Waals surface area contributed by atoms with E-state index in [4.69, 9.17) is 19.0 Å². The van der Waals surface area contributed by atoms with E-state index >= 15 is 0 Å². The lowest BCUT2D eigenvalue weighted by molar-refractivity contribution is 0.0110. The monoisotopic (exact) mass is 241 g/mol. The lowest BCUT2D eigenvalue weighted by atomic mass is 9.95. The third kappa shape index (κ3) is 2.97. The van der Waals surface area contributed by atoms with Gasteiger partial charge in [-0.2, -0.15) is 4.98 Å². The predicted molar refractivity (Wildman–Crippen MR) is 57.1 cm³/mol. The Morgan fingerprint density at radius 2 is 2.29 bits per heavy atom. The maximum absolute atomic E-state index is 10.6. The number of hydrogen-bond acceptors (Lipinski definition) is 5. The molecule has 2 unspecified atom stereocenters. The van der Waals surface area contributed by atoms with Gasteiger partial charge < -0.3 is 19.0 Å². The van der Waals surface area contributed by atoms with E-state index in [-0.39, 0.29) is 24.0 Å². The number of methoxy groups -OCH3 is 1. The number of ether oxygens (including phenoxy) is 2. The van der Waals surface area contributed by atoms with Crippen LogP contribution in [0.25, 0.3) is 0 Å². The van der Waals surface area contributed by atoms with E-state index in [2.05, 4.69) is 4.98 Å². The highest BCUT2D eigenvalue weighted by atomic mass is 16.6. The average molecular weight is 241 g/mol. The maximum Gasteiger partial charge on any atom is 0.394 e. The number of carboxylic acids is 1. The first-order chi connectivity index (χ1) is 8.19. The molecular formula is C11H15NO5. The van der Waals surface area contributed by atoms with Gasteiger partial charge in [0.1, 0.15) is 12.4 Å². The molecule has 2 rings (SSSR count). The van der Waals surface area contributed by atoms with Crippen LogP contribution in [0.3, 0.4) is 0 Å². The molecule has 6 heteroatoms. The fourth-order valence-electron chi connectivity index (χ4n) is 1.98. The summed E-state index contributed by atoms with van der Waals surface area (Å²) < 4.78 is 15.7. The van der Waals surface area contributed by atoms with Gasteiger partial charge >= 0.3 is 12.0 Å². The van der Waals surface area contributed by atoms with Crippen LogP contribution >= 0.6 is 0 Å². The van der Waals surface area contributed by atoms with Gasteiger partial charge in [-0.15, -0.1) is 0 Å². The molecule has 1 aromatic heterocycles. The van der Waals surface area contributed by atoms with Crippen LogP contribution in [0.4, 0.5) is 0 Å². The van der Waals surface area contributed by atoms with Crippen LogP contribution in [-0.2, 0) is 4.74 Å². The number of hydrogen-bond donors (Lipinski definition) is 1. The van der Waals surface area contributed by atoms with E-state index < -0.39 is 5.97 Å². The molecule has 1 heterocycles. The lowest BCUT2D eigenvalue weighted by Crippen LogP contribution is -2.29. The summed E-state index contributed by atoms with van der Waals surface area (Å²) in [6, 6.07) is 0. The molecule has 0 aromatic carbocycles. The minimum absolute atomic E-state index is 0.0177. The van der Waals surface area contributed by atoms with Crippen molar-refractivity contribution in [3.63, 3.8) is 0 Å². The number of aromatic carboxylic acids is 1. The van der Waals surface area contributed by atoms with E-state index in [0.29, 0.717) is 0 Å². The van der Waals surface area contributed by atoms with Crippen molar-refractivity contribution >= 4 is 5.97 Å². The van der Waals surface area contributed by atoms with Crippen LogP contribution < -0.4 is 4.74 Å². The Hall–Kier alpha value is -1.56. The zero-order valence-electron chi connectivity index (χ0n) is 9.59. The normalized spacial score (nSPS) is 24.5. The average Bonchev–Trinajstić information content (AvgIpc) is 2.78. The molecule has 0 amide bonds. The van der Waals surface area contributed by atoms with Gasteiger partial charge in [0, 0.05) is 13.5 Å². The van der Waals surface area contributed by atoms with E-state index in [1.165, 1.54) is 0 Å². The zero-order valence-corrected chi connectivity index (χ0v) is 9.59. The number of rotatable bonds is 4. The number of carbonyl (C=O) groups is 1. The first-order valence-electron chi connectivity index (χ1n) is 5.57. The molecule has 0 bridgehead atoms. The maximum atomic E-state index is 10.6. The molecule has 0 spiro atoms. The summed E-state index contributed by atoms with van der Waals surface area (Å²) in [5.41, 5.74) is -0.140. The van der Waals surface area contributed by atoms with Gasteiger partial charge in [0.25, 0.3) is 0 Å². The summed E-state index contributed by atoms with van der Waals surface area (Å²) in [5.74, 6) is -1.12. The van der Waals surface area contributed by atoms with Crippen molar-refractivity contribution in [3.05, 3.63) is 12.0 Å². The highest BCUT2D eigenvalue weighted by Crippen LogP contribution is 2.24. The van der Waals surface area contributed by atoms with Crippen LogP contribution in [0, 0.1) is 0 Å². The van der Waals surface area contributed by atoms with E-state index in [1.807, 2.05) is 0 Å². The first kappa shape index (κ1) is 11.9. The minimum atomic E-state index is -1.12. The molecule has 0 radical (unpaired) electrons. The largest absolute Gasteiger partial charge is 0.476 e. The lowest BCUT2D eigenvalue weighted by Gasteiger charge is -2.27. The van der Waals surface area contributed by atoms with Crippen LogP contribution in [0.2, 0.25) is 0 Å². The van der Waals surface area contributed by atoms with Crippen molar-refractivity contribution in [1.82, 2.24) is 4.98 Å². The summed E-state index contributed by atoms with van der Waals surface area (Å²) in [7, 11) is 1.68. The van der Waals surface area contributed by atoms with Gasteiger partial charge in [-0.1, -0.05) is 0 Å². The van der Waals surface area contributed by atoms with Crippen molar-refractivity contribution in [2.24, 2.45) is 0 Å². The zero-order chi connectivity index (χ0) is 12.3. The van der Waals surface area contributed by atoms with Gasteiger partial charge in [0.15, 0.2) is 5.69 Å². The second-order valence-electron chi connectivity index (χ2n) is 4.07. The predicted octanol–water partition coefficient (Wildman–Crippen LogP) is 1.71. The van der Waals surface area contributed by atoms with Crippen LogP contribution in [0.15, 0.2) is 10.7 Å². The van der Waals surface area contributed by atoms with Crippen molar-refractivity contribution in [1.29, 1.82) is 0 Å². The summed E-state index contributed by atoms with van der Waals surface area (Å²) in [4.78, 5) is 14.3. The molecular weight excluding hydrogens is 226 g/mol. The minimum Gasteiger partial charge on any atom is -0.476 e. The molecule has 94 valence electrons. The third-order valence-electron chi connectivity index (χ3n) is 2.88. The molecule has 0 saturated heterocycles. The van der Waals surface area contributed by atoms with Gasteiger partial charge in [0.05, 0.1) is 6.10 Å². The number of oxazole rings is 1. The Morgan fingerprint density at radius 1 is 1.53 bits per heavy atom. The van der Waals surface area contributed by atoms with Gasteiger partial charge in [-0.3, -0.25) is 0 Å². The number of carboxylic acid groups (broad SMARTS) is 1. The summed E-state index contributed by atoms with van der Waals surface area (Å²) in [6.45, 7) is 0. The molecule has 2 atom stereocenters. The summed E-state index contributed by atoms with van der Waals surface area (Å²) in [6.07, 6.45) is 5.01. The Bertz CT molecular complexity index is 389. The Labute approximate surface area is 98.5 Å². The van der Waals surface area contributed by atoms with Crippen LogP contribution in [-0.4, -0.2) is 35.4 Å². The van der Waals surface area contributed by atoms with E-state index in [1.54, 1.807) is 7.11 Å². The van der Waals surface area contributed by atoms with E-state index in [9.17, 15) is 4.79 Å². The quantitative estimate of drug-likeness (QED) is 0.864. The van der Waals surface area contributed by atoms with Crippen LogP contribution in [0.5, 0.6) is 6.08 Å². The standard InChI is InChI=1S/C11H15NO5/c1-15-7-3-2-4-8(5-7)17-11-12-9(6-16-11)10(13)14/h6-8H,2-5H2,1H3,(H,13,14). The van der Waals surface area contributed by atoms with Crippen molar-refractivity contribution in [3.8, 4) is 6.08 Å². The molecule has 17 heavy (non-hydrogen) atoms. The number of aromatic nitrogens is 1. The smallest absolute Gasteiger partial charge is 0.394 e. The fraction of sp³-hybridized carbons (Fsp3) is 0.636. The molecule has 1 saturated carbocycles. The van der Waals surface area contributed by atoms with Crippen molar-refractivity contribution in [2.45, 2.75) is 37.9 Å². The Balaban J connectivity index is 1.93. The highest BCUT2D eigenvalue weighted by molar-refractivity contribution is 5.84.